The summed E-state index contributed by atoms with van der Waals surface area (Å²) in [5.41, 5.74) is 7.17. The molecule has 7 heteroatoms. The quantitative estimate of drug-likeness (QED) is 0.775. The van der Waals surface area contributed by atoms with Crippen molar-refractivity contribution in [3.05, 3.63) is 59.2 Å². The highest BCUT2D eigenvalue weighted by Gasteiger charge is 2.18. The van der Waals surface area contributed by atoms with E-state index in [1.165, 1.54) is 31.4 Å². The summed E-state index contributed by atoms with van der Waals surface area (Å²) in [4.78, 5) is 7.15. The van der Waals surface area contributed by atoms with Gasteiger partial charge in [0, 0.05) is 6.07 Å². The summed E-state index contributed by atoms with van der Waals surface area (Å²) in [6, 6.07) is 6.19. The molecule has 0 bridgehead atoms. The molecule has 0 fully saturated rings. The number of aromatic nitrogens is 2. The molecule has 23 heavy (non-hydrogen) atoms. The Morgan fingerprint density at radius 3 is 2.70 bits per heavy atom. The van der Waals surface area contributed by atoms with Gasteiger partial charge in [-0.25, -0.2) is 13.8 Å². The molecule has 1 atom stereocenters. The summed E-state index contributed by atoms with van der Waals surface area (Å²) in [6.07, 6.45) is 0.0368. The lowest BCUT2D eigenvalue weighted by Crippen LogP contribution is -2.16. The molecule has 0 saturated carbocycles. The monoisotopic (exact) mass is 321 g/mol. The minimum Gasteiger partial charge on any atom is -0.494 e. The third-order valence-electron chi connectivity index (χ3n) is 3.60. The summed E-state index contributed by atoms with van der Waals surface area (Å²) in [6.45, 7) is 0. The van der Waals surface area contributed by atoms with Crippen LogP contribution in [0.15, 0.2) is 30.3 Å². The van der Waals surface area contributed by atoms with Gasteiger partial charge in [0.1, 0.15) is 11.6 Å². The molecule has 0 radical (unpaired) electrons. The van der Waals surface area contributed by atoms with Crippen LogP contribution in [0.2, 0.25) is 0 Å². The topological polar surface area (TPSA) is 63.9 Å². The fourth-order valence-electron chi connectivity index (χ4n) is 2.39. The van der Waals surface area contributed by atoms with Crippen molar-refractivity contribution in [3.63, 3.8) is 0 Å². The Kier molecular flexibility index (Phi) is 3.96. The van der Waals surface area contributed by atoms with Gasteiger partial charge >= 0.3 is 0 Å². The molecule has 2 aromatic carbocycles. The Balaban J connectivity index is 1.88. The van der Waals surface area contributed by atoms with E-state index < -0.39 is 23.5 Å². The van der Waals surface area contributed by atoms with Gasteiger partial charge < -0.3 is 15.5 Å². The second kappa shape index (κ2) is 5.92. The molecule has 3 aromatic rings. The van der Waals surface area contributed by atoms with Gasteiger partial charge in [0.25, 0.3) is 0 Å². The van der Waals surface area contributed by atoms with Gasteiger partial charge in [0.2, 0.25) is 5.82 Å². The molecular weight excluding hydrogens is 307 g/mol. The molecule has 0 spiro atoms. The minimum absolute atomic E-state index is 0.0368. The van der Waals surface area contributed by atoms with Gasteiger partial charge in [-0.05, 0) is 30.2 Å². The van der Waals surface area contributed by atoms with Gasteiger partial charge in [0.15, 0.2) is 11.6 Å². The number of rotatable bonds is 4. The SMILES string of the molecule is COc1ccc(CC(N)c2nc3cc(F)ccc3[nH]2)c(F)c1F. The highest BCUT2D eigenvalue weighted by atomic mass is 19.2. The van der Waals surface area contributed by atoms with Crippen LogP contribution in [-0.4, -0.2) is 17.1 Å². The predicted molar refractivity (Wildman–Crippen MR) is 79.6 cm³/mol. The van der Waals surface area contributed by atoms with Crippen LogP contribution in [0.1, 0.15) is 17.4 Å². The number of fused-ring (bicyclic) bond motifs is 1. The Labute approximate surface area is 130 Å². The summed E-state index contributed by atoms with van der Waals surface area (Å²) < 4.78 is 45.6. The number of nitrogens with zero attached hydrogens (tertiary/aromatic N) is 1. The van der Waals surface area contributed by atoms with Crippen LogP contribution in [0.5, 0.6) is 5.75 Å². The number of H-pyrrole nitrogens is 1. The Bertz CT molecular complexity index is 863. The second-order valence-corrected chi connectivity index (χ2v) is 5.15. The first kappa shape index (κ1) is 15.4. The van der Waals surface area contributed by atoms with Crippen LogP contribution >= 0.6 is 0 Å². The molecule has 0 saturated heterocycles. The van der Waals surface area contributed by atoms with Crippen molar-refractivity contribution in [3.8, 4) is 5.75 Å². The number of ether oxygens (including phenoxy) is 1. The Morgan fingerprint density at radius 1 is 1.17 bits per heavy atom. The van der Waals surface area contributed by atoms with Crippen molar-refractivity contribution in [1.29, 1.82) is 0 Å². The minimum atomic E-state index is -1.05. The lowest BCUT2D eigenvalue weighted by molar-refractivity contribution is 0.369. The van der Waals surface area contributed by atoms with Gasteiger partial charge in [0.05, 0.1) is 24.2 Å². The standard InChI is InChI=1S/C16H14F3N3O/c1-23-13-5-2-8(14(18)15(13)19)6-10(20)16-21-11-4-3-9(17)7-12(11)22-16/h2-5,7,10H,6,20H2,1H3,(H,21,22). The first-order chi connectivity index (χ1) is 11.0. The average Bonchev–Trinajstić information content (AvgIpc) is 2.95. The normalized spacial score (nSPS) is 12.6. The van der Waals surface area contributed by atoms with Crippen molar-refractivity contribution in [2.24, 2.45) is 5.73 Å². The first-order valence-corrected chi connectivity index (χ1v) is 6.91. The number of nitrogens with two attached hydrogens (primary N) is 1. The smallest absolute Gasteiger partial charge is 0.200 e. The molecule has 0 aliphatic carbocycles. The van der Waals surface area contributed by atoms with Crippen LogP contribution in [0.25, 0.3) is 11.0 Å². The zero-order valence-electron chi connectivity index (χ0n) is 12.2. The molecule has 3 rings (SSSR count). The molecule has 3 N–H and O–H groups in total. The Hall–Kier alpha value is -2.54. The summed E-state index contributed by atoms with van der Waals surface area (Å²) >= 11 is 0. The van der Waals surface area contributed by atoms with Gasteiger partial charge in [-0.2, -0.15) is 4.39 Å². The zero-order chi connectivity index (χ0) is 16.6. The van der Waals surface area contributed by atoms with E-state index in [1.807, 2.05) is 0 Å². The molecule has 1 aromatic heterocycles. The first-order valence-electron chi connectivity index (χ1n) is 6.91. The molecular formula is C16H14F3N3O. The van der Waals surface area contributed by atoms with Gasteiger partial charge in [-0.3, -0.25) is 0 Å². The zero-order valence-corrected chi connectivity index (χ0v) is 12.2. The van der Waals surface area contributed by atoms with Crippen LogP contribution in [0.3, 0.4) is 0 Å². The van der Waals surface area contributed by atoms with Crippen LogP contribution in [0, 0.1) is 17.5 Å². The maximum Gasteiger partial charge on any atom is 0.200 e. The van der Waals surface area contributed by atoms with Gasteiger partial charge in [-0.1, -0.05) is 6.07 Å². The number of methoxy groups -OCH3 is 1. The summed E-state index contributed by atoms with van der Waals surface area (Å²) in [5, 5.41) is 0. The fourth-order valence-corrected chi connectivity index (χ4v) is 2.39. The molecule has 120 valence electrons. The number of imidazole rings is 1. The number of nitrogens with one attached hydrogen (secondary N) is 1. The predicted octanol–water partition coefficient (Wildman–Crippen LogP) is 3.23. The number of halogens is 3. The lowest BCUT2D eigenvalue weighted by atomic mass is 10.0. The Morgan fingerprint density at radius 2 is 1.96 bits per heavy atom. The van der Waals surface area contributed by atoms with Gasteiger partial charge in [-0.15, -0.1) is 0 Å². The molecule has 1 heterocycles. The highest BCUT2D eigenvalue weighted by Crippen LogP contribution is 2.25. The van der Waals surface area contributed by atoms with Crippen molar-refractivity contribution < 1.29 is 17.9 Å². The number of benzene rings is 2. The summed E-state index contributed by atoms with van der Waals surface area (Å²) in [7, 11) is 1.26. The van der Waals surface area contributed by atoms with Crippen molar-refractivity contribution in [2.45, 2.75) is 12.5 Å². The maximum absolute atomic E-state index is 14.0. The van der Waals surface area contributed by atoms with E-state index in [9.17, 15) is 13.2 Å². The molecule has 1 unspecified atom stereocenters. The van der Waals surface area contributed by atoms with E-state index >= 15 is 0 Å². The van der Waals surface area contributed by atoms with E-state index in [0.29, 0.717) is 16.9 Å². The maximum atomic E-state index is 14.0. The van der Waals surface area contributed by atoms with Crippen molar-refractivity contribution in [1.82, 2.24) is 9.97 Å². The average molecular weight is 321 g/mol. The van der Waals surface area contributed by atoms with E-state index in [4.69, 9.17) is 10.5 Å². The number of aromatic amines is 1. The van der Waals surface area contributed by atoms with E-state index in [-0.39, 0.29) is 17.7 Å². The number of hydrogen-bond acceptors (Lipinski definition) is 3. The van der Waals surface area contributed by atoms with Crippen LogP contribution in [0.4, 0.5) is 13.2 Å². The fraction of sp³-hybridized carbons (Fsp3) is 0.188. The van der Waals surface area contributed by atoms with Crippen molar-refractivity contribution >= 4 is 11.0 Å². The summed E-state index contributed by atoms with van der Waals surface area (Å²) in [5.74, 6) is -2.25. The lowest BCUT2D eigenvalue weighted by Gasteiger charge is -2.11. The molecule has 0 aliphatic heterocycles. The third kappa shape index (κ3) is 2.87. The van der Waals surface area contributed by atoms with E-state index in [2.05, 4.69) is 9.97 Å². The third-order valence-corrected chi connectivity index (χ3v) is 3.60. The van der Waals surface area contributed by atoms with Crippen LogP contribution in [-0.2, 0) is 6.42 Å². The largest absolute Gasteiger partial charge is 0.494 e. The molecule has 0 amide bonds. The number of hydrogen-bond donors (Lipinski definition) is 2. The molecule has 0 aliphatic rings. The van der Waals surface area contributed by atoms with Crippen molar-refractivity contribution in [2.75, 3.05) is 7.11 Å². The van der Waals surface area contributed by atoms with E-state index in [1.54, 1.807) is 6.07 Å². The molecule has 4 nitrogen and oxygen atoms in total. The van der Waals surface area contributed by atoms with Crippen LogP contribution < -0.4 is 10.5 Å². The van der Waals surface area contributed by atoms with E-state index in [0.717, 1.165) is 0 Å². The second-order valence-electron chi connectivity index (χ2n) is 5.15. The highest BCUT2D eigenvalue weighted by molar-refractivity contribution is 5.75.